The number of aryl methyl sites for hydroxylation is 1. The molecule has 1 N–H and O–H groups in total. The Labute approximate surface area is 200 Å². The van der Waals surface area contributed by atoms with E-state index < -0.39 is 29.3 Å². The van der Waals surface area contributed by atoms with Gasteiger partial charge >= 0.3 is 0 Å². The first-order valence-corrected chi connectivity index (χ1v) is 10.9. The number of hydrogen-bond donors (Lipinski definition) is 1. The summed E-state index contributed by atoms with van der Waals surface area (Å²) in [5, 5.41) is 11.2. The van der Waals surface area contributed by atoms with Crippen LogP contribution in [0.25, 0.3) is 11.0 Å². The van der Waals surface area contributed by atoms with Crippen molar-refractivity contribution in [3.05, 3.63) is 98.5 Å². The minimum Gasteiger partial charge on any atom is -0.503 e. The molecule has 0 fully saturated rings. The number of furan rings is 2. The van der Waals surface area contributed by atoms with Crippen LogP contribution in [0.5, 0.6) is 0 Å². The highest BCUT2D eigenvalue weighted by molar-refractivity contribution is 9.10. The van der Waals surface area contributed by atoms with E-state index in [0.29, 0.717) is 16.7 Å². The fourth-order valence-electron chi connectivity index (χ4n) is 3.87. The lowest BCUT2D eigenvalue weighted by atomic mass is 9.99. The summed E-state index contributed by atoms with van der Waals surface area (Å²) < 4.78 is 26.0. The molecule has 1 aliphatic rings. The van der Waals surface area contributed by atoms with Gasteiger partial charge in [0.05, 0.1) is 10.6 Å². The summed E-state index contributed by atoms with van der Waals surface area (Å²) >= 11 is 9.30. The lowest BCUT2D eigenvalue weighted by Crippen LogP contribution is -2.30. The number of aliphatic hydroxyl groups is 1. The second-order valence-electron chi connectivity index (χ2n) is 7.51. The maximum absolute atomic E-state index is 13.8. The van der Waals surface area contributed by atoms with Crippen LogP contribution in [0.3, 0.4) is 0 Å². The molecule has 2 aromatic heterocycles. The van der Waals surface area contributed by atoms with Crippen molar-refractivity contribution >= 4 is 55.9 Å². The number of ketones is 1. The number of benzene rings is 2. The smallest absolute Gasteiger partial charge is 0.294 e. The second kappa shape index (κ2) is 7.90. The summed E-state index contributed by atoms with van der Waals surface area (Å²) in [5.41, 5.74) is 0.444. The zero-order chi connectivity index (χ0) is 23.4. The van der Waals surface area contributed by atoms with Crippen molar-refractivity contribution in [2.45, 2.75) is 13.0 Å². The van der Waals surface area contributed by atoms with Crippen LogP contribution in [0.15, 0.2) is 79.2 Å². The first-order chi connectivity index (χ1) is 15.7. The van der Waals surface area contributed by atoms with Crippen molar-refractivity contribution in [1.82, 2.24) is 0 Å². The lowest BCUT2D eigenvalue weighted by molar-refractivity contribution is -0.117. The van der Waals surface area contributed by atoms with Crippen LogP contribution in [-0.4, -0.2) is 16.8 Å². The number of carbonyl (C=O) groups is 2. The van der Waals surface area contributed by atoms with E-state index in [2.05, 4.69) is 15.9 Å². The minimum atomic E-state index is -1.11. The average molecular weight is 531 g/mol. The van der Waals surface area contributed by atoms with Gasteiger partial charge in [0.15, 0.2) is 11.5 Å². The van der Waals surface area contributed by atoms with E-state index in [1.165, 1.54) is 18.2 Å². The van der Waals surface area contributed by atoms with Gasteiger partial charge in [-0.25, -0.2) is 4.39 Å². The molecule has 1 aliphatic heterocycles. The van der Waals surface area contributed by atoms with Gasteiger partial charge < -0.3 is 13.9 Å². The Hall–Kier alpha value is -3.36. The third kappa shape index (κ3) is 3.55. The van der Waals surface area contributed by atoms with Gasteiger partial charge in [-0.2, -0.15) is 0 Å². The van der Waals surface area contributed by atoms with Gasteiger partial charge in [-0.1, -0.05) is 27.5 Å². The molecule has 1 amide bonds. The number of aliphatic hydroxyl groups excluding tert-OH is 1. The molecular weight excluding hydrogens is 517 g/mol. The predicted molar refractivity (Wildman–Crippen MR) is 123 cm³/mol. The molecule has 1 atom stereocenters. The standard InChI is InChI=1S/C24H14BrClFNO5/c1-11-2-6-18(32-11)21-20(22(29)19-9-12-8-13(25)3-7-17(12)33-19)23(30)24(31)28(21)14-4-5-16(27)15(26)10-14/h2-10,21,30H,1H3. The van der Waals surface area contributed by atoms with Crippen molar-refractivity contribution in [1.29, 1.82) is 0 Å². The monoisotopic (exact) mass is 529 g/mol. The SMILES string of the molecule is Cc1ccc(C2C(C(=O)c3cc4cc(Br)ccc4o3)=C(O)C(=O)N2c2ccc(F)c(Cl)c2)o1. The molecule has 0 bridgehead atoms. The van der Waals surface area contributed by atoms with Gasteiger partial charge in [-0.3, -0.25) is 14.5 Å². The van der Waals surface area contributed by atoms with E-state index in [4.69, 9.17) is 20.4 Å². The molecule has 9 heteroatoms. The van der Waals surface area contributed by atoms with Crippen LogP contribution in [0.2, 0.25) is 5.02 Å². The molecular formula is C24H14BrClFNO5. The fourth-order valence-corrected chi connectivity index (χ4v) is 4.42. The van der Waals surface area contributed by atoms with Crippen LogP contribution in [0.1, 0.15) is 28.1 Å². The van der Waals surface area contributed by atoms with Crippen molar-refractivity contribution in [3.63, 3.8) is 0 Å². The van der Waals surface area contributed by atoms with Crippen molar-refractivity contribution in [3.8, 4) is 0 Å². The van der Waals surface area contributed by atoms with E-state index in [-0.39, 0.29) is 27.8 Å². The number of rotatable bonds is 4. The number of halogens is 3. The zero-order valence-electron chi connectivity index (χ0n) is 16.9. The van der Waals surface area contributed by atoms with Gasteiger partial charge in [-0.15, -0.1) is 0 Å². The van der Waals surface area contributed by atoms with Crippen LogP contribution in [0.4, 0.5) is 10.1 Å². The number of amides is 1. The van der Waals surface area contributed by atoms with Crippen LogP contribution < -0.4 is 4.90 Å². The van der Waals surface area contributed by atoms with Gasteiger partial charge in [0.25, 0.3) is 5.91 Å². The molecule has 0 radical (unpaired) electrons. The Balaban J connectivity index is 1.65. The molecule has 0 aliphatic carbocycles. The Bertz CT molecular complexity index is 1490. The summed E-state index contributed by atoms with van der Waals surface area (Å²) in [4.78, 5) is 27.8. The highest BCUT2D eigenvalue weighted by atomic mass is 79.9. The van der Waals surface area contributed by atoms with Crippen LogP contribution in [0, 0.1) is 12.7 Å². The highest BCUT2D eigenvalue weighted by Gasteiger charge is 2.47. The van der Waals surface area contributed by atoms with Gasteiger partial charge in [0.2, 0.25) is 5.78 Å². The molecule has 6 nitrogen and oxygen atoms in total. The number of hydrogen-bond acceptors (Lipinski definition) is 5. The maximum Gasteiger partial charge on any atom is 0.294 e. The molecule has 0 saturated carbocycles. The average Bonchev–Trinajstić information content (AvgIpc) is 3.46. The van der Waals surface area contributed by atoms with Crippen LogP contribution >= 0.6 is 27.5 Å². The van der Waals surface area contributed by atoms with Crippen molar-refractivity contribution < 1.29 is 27.9 Å². The first-order valence-electron chi connectivity index (χ1n) is 9.76. The summed E-state index contributed by atoms with van der Waals surface area (Å²) in [6.45, 7) is 1.71. The van der Waals surface area contributed by atoms with E-state index in [1.807, 2.05) is 0 Å². The van der Waals surface area contributed by atoms with E-state index in [0.717, 1.165) is 15.4 Å². The minimum absolute atomic E-state index is 0.0512. The lowest BCUT2D eigenvalue weighted by Gasteiger charge is -2.25. The Morgan fingerprint density at radius 1 is 1.12 bits per heavy atom. The fraction of sp³-hybridized carbons (Fsp3) is 0.0833. The molecule has 33 heavy (non-hydrogen) atoms. The third-order valence-corrected chi connectivity index (χ3v) is 6.15. The first kappa shape index (κ1) is 21.5. The molecule has 166 valence electrons. The van der Waals surface area contributed by atoms with Crippen molar-refractivity contribution in [2.75, 3.05) is 4.90 Å². The number of nitrogens with zero attached hydrogens (tertiary/aromatic N) is 1. The van der Waals surface area contributed by atoms with Crippen molar-refractivity contribution in [2.24, 2.45) is 0 Å². The topological polar surface area (TPSA) is 83.9 Å². The Kier molecular flexibility index (Phi) is 5.14. The molecule has 0 spiro atoms. The van der Waals surface area contributed by atoms with E-state index in [9.17, 15) is 19.1 Å². The molecule has 4 aromatic rings. The van der Waals surface area contributed by atoms with E-state index in [1.54, 1.807) is 37.3 Å². The van der Waals surface area contributed by atoms with Gasteiger partial charge in [0, 0.05) is 15.5 Å². The molecule has 3 heterocycles. The normalized spacial score (nSPS) is 16.3. The molecule has 5 rings (SSSR count). The Morgan fingerprint density at radius 3 is 2.61 bits per heavy atom. The quantitative estimate of drug-likeness (QED) is 0.298. The maximum atomic E-state index is 13.8. The second-order valence-corrected chi connectivity index (χ2v) is 8.83. The molecule has 0 saturated heterocycles. The number of fused-ring (bicyclic) bond motifs is 1. The summed E-state index contributed by atoms with van der Waals surface area (Å²) in [6.07, 6.45) is 0. The van der Waals surface area contributed by atoms with Crippen LogP contribution in [-0.2, 0) is 4.79 Å². The Morgan fingerprint density at radius 2 is 1.91 bits per heavy atom. The molecule has 1 unspecified atom stereocenters. The summed E-state index contributed by atoms with van der Waals surface area (Å²) in [5.74, 6) is -2.21. The zero-order valence-corrected chi connectivity index (χ0v) is 19.3. The number of carbonyl (C=O) groups excluding carboxylic acids is 2. The highest BCUT2D eigenvalue weighted by Crippen LogP contribution is 2.43. The number of anilines is 1. The number of Topliss-reactive ketones (excluding diaryl/α,β-unsaturated/α-hetero) is 1. The summed E-state index contributed by atoms with van der Waals surface area (Å²) in [6, 6.07) is 12.6. The largest absolute Gasteiger partial charge is 0.503 e. The van der Waals surface area contributed by atoms with E-state index >= 15 is 0 Å². The predicted octanol–water partition coefficient (Wildman–Crippen LogP) is 6.67. The van der Waals surface area contributed by atoms with Gasteiger partial charge in [0.1, 0.15) is 29.0 Å². The van der Waals surface area contributed by atoms with Gasteiger partial charge in [-0.05, 0) is 61.5 Å². The third-order valence-electron chi connectivity index (χ3n) is 5.37. The summed E-state index contributed by atoms with van der Waals surface area (Å²) in [7, 11) is 0. The molecule has 2 aromatic carbocycles.